The molecule has 0 unspecified atom stereocenters. The highest BCUT2D eigenvalue weighted by Gasteiger charge is 2.34. The zero-order chi connectivity index (χ0) is 25.1. The van der Waals surface area contributed by atoms with Gasteiger partial charge in [0.2, 0.25) is 0 Å². The summed E-state index contributed by atoms with van der Waals surface area (Å²) in [7, 11) is 1.60. The van der Waals surface area contributed by atoms with Crippen LogP contribution in [-0.2, 0) is 9.53 Å². The molecule has 0 bridgehead atoms. The van der Waals surface area contributed by atoms with Gasteiger partial charge in [0, 0.05) is 24.9 Å². The topological polar surface area (TPSA) is 110 Å². The molecule has 5 rings (SSSR count). The van der Waals surface area contributed by atoms with Crippen molar-refractivity contribution < 1.29 is 28.9 Å². The maximum atomic E-state index is 13.2. The predicted molar refractivity (Wildman–Crippen MR) is 130 cm³/mol. The third kappa shape index (κ3) is 5.00. The molecule has 2 amide bonds. The molecule has 36 heavy (non-hydrogen) atoms. The number of fused-ring (bicyclic) bond motifs is 1. The van der Waals surface area contributed by atoms with Gasteiger partial charge >= 0.3 is 0 Å². The molecule has 2 N–H and O–H groups in total. The van der Waals surface area contributed by atoms with Gasteiger partial charge in [-0.1, -0.05) is 30.0 Å². The van der Waals surface area contributed by atoms with Crippen molar-refractivity contribution in [2.75, 3.05) is 31.8 Å². The highest BCUT2D eigenvalue weighted by molar-refractivity contribution is 6.03. The molecule has 182 valence electrons. The Kier molecular flexibility index (Phi) is 6.29. The van der Waals surface area contributed by atoms with Crippen molar-refractivity contribution in [3.8, 4) is 29.1 Å². The number of benzene rings is 2. The first kappa shape index (κ1) is 23.4. The molecule has 3 heterocycles. The van der Waals surface area contributed by atoms with E-state index in [4.69, 9.17) is 14.2 Å². The van der Waals surface area contributed by atoms with Crippen LogP contribution in [0.1, 0.15) is 16.1 Å². The van der Waals surface area contributed by atoms with Crippen LogP contribution in [0.15, 0.2) is 66.9 Å². The minimum atomic E-state index is -1.14. The summed E-state index contributed by atoms with van der Waals surface area (Å²) in [5.41, 5.74) is 0.0878. The van der Waals surface area contributed by atoms with Gasteiger partial charge in [-0.25, -0.2) is 0 Å². The van der Waals surface area contributed by atoms with E-state index in [0.717, 1.165) is 0 Å². The van der Waals surface area contributed by atoms with Crippen LogP contribution in [0, 0.1) is 11.8 Å². The van der Waals surface area contributed by atoms with E-state index in [1.165, 1.54) is 17.2 Å². The fourth-order valence-corrected chi connectivity index (χ4v) is 3.69. The number of amides is 2. The Morgan fingerprint density at radius 2 is 1.97 bits per heavy atom. The second-order valence-corrected chi connectivity index (χ2v) is 8.48. The standard InChI is InChI=1S/C27H23N3O6/c1-30-23-13-18(9-11-27(33)16-34-17-27)7-8-24(23)35-15-22(26(30)32)29-25(31)21-14-20(10-12-28-21)36-19-5-3-2-4-6-19/h2-8,10,12-14,22,33H,15-17H2,1H3,(H,29,31)/t22-/m0/s1. The molecule has 9 nitrogen and oxygen atoms in total. The lowest BCUT2D eigenvalue weighted by Gasteiger charge is -2.30. The average molecular weight is 485 g/mol. The van der Waals surface area contributed by atoms with E-state index >= 15 is 0 Å². The molecule has 1 aromatic heterocycles. The third-order valence-electron chi connectivity index (χ3n) is 5.72. The quantitative estimate of drug-likeness (QED) is 0.545. The van der Waals surface area contributed by atoms with Gasteiger partial charge in [-0.15, -0.1) is 0 Å². The minimum Gasteiger partial charge on any atom is -0.489 e. The van der Waals surface area contributed by atoms with Gasteiger partial charge in [-0.2, -0.15) is 0 Å². The van der Waals surface area contributed by atoms with Crippen LogP contribution >= 0.6 is 0 Å². The Balaban J connectivity index is 1.29. The number of carbonyl (C=O) groups excluding carboxylic acids is 2. The van der Waals surface area contributed by atoms with Crippen LogP contribution in [0.2, 0.25) is 0 Å². The number of hydrogen-bond acceptors (Lipinski definition) is 7. The van der Waals surface area contributed by atoms with Crippen molar-refractivity contribution in [1.82, 2.24) is 10.3 Å². The molecule has 0 aliphatic carbocycles. The molecule has 1 saturated heterocycles. The van der Waals surface area contributed by atoms with Gasteiger partial charge in [0.25, 0.3) is 11.8 Å². The summed E-state index contributed by atoms with van der Waals surface area (Å²) in [6.45, 7) is 0.290. The summed E-state index contributed by atoms with van der Waals surface area (Å²) < 4.78 is 16.6. The van der Waals surface area contributed by atoms with Crippen molar-refractivity contribution in [3.05, 3.63) is 78.1 Å². The first-order valence-electron chi connectivity index (χ1n) is 11.3. The van der Waals surface area contributed by atoms with Crippen LogP contribution < -0.4 is 19.7 Å². The Hall–Kier alpha value is -4.39. The maximum absolute atomic E-state index is 13.2. The van der Waals surface area contributed by atoms with E-state index in [9.17, 15) is 14.7 Å². The van der Waals surface area contributed by atoms with E-state index < -0.39 is 17.6 Å². The van der Waals surface area contributed by atoms with Crippen molar-refractivity contribution in [1.29, 1.82) is 0 Å². The molecular weight excluding hydrogens is 462 g/mol. The molecule has 3 aromatic rings. The van der Waals surface area contributed by atoms with Crippen molar-refractivity contribution in [3.63, 3.8) is 0 Å². The monoisotopic (exact) mass is 485 g/mol. The average Bonchev–Trinajstić information content (AvgIpc) is 2.99. The lowest BCUT2D eigenvalue weighted by atomic mass is 10.0. The Bertz CT molecular complexity index is 1360. The fourth-order valence-electron chi connectivity index (χ4n) is 3.69. The molecule has 1 atom stereocenters. The number of anilines is 1. The van der Waals surface area contributed by atoms with E-state index in [-0.39, 0.29) is 31.4 Å². The Labute approximate surface area is 207 Å². The second-order valence-electron chi connectivity index (χ2n) is 8.48. The van der Waals surface area contributed by atoms with Crippen LogP contribution in [0.4, 0.5) is 5.69 Å². The number of nitrogens with one attached hydrogen (secondary N) is 1. The van der Waals surface area contributed by atoms with E-state index in [1.807, 2.05) is 18.2 Å². The molecule has 0 radical (unpaired) electrons. The van der Waals surface area contributed by atoms with Crippen molar-refractivity contribution >= 4 is 17.5 Å². The summed E-state index contributed by atoms with van der Waals surface area (Å²) in [6.07, 6.45) is 1.47. The molecule has 0 spiro atoms. The van der Waals surface area contributed by atoms with Gasteiger partial charge in [-0.05, 0) is 36.4 Å². The van der Waals surface area contributed by atoms with Crippen molar-refractivity contribution in [2.24, 2.45) is 0 Å². The first-order valence-corrected chi connectivity index (χ1v) is 11.3. The summed E-state index contributed by atoms with van der Waals surface area (Å²) >= 11 is 0. The van der Waals surface area contributed by atoms with Gasteiger partial charge in [0.15, 0.2) is 5.60 Å². The van der Waals surface area contributed by atoms with Gasteiger partial charge in [0.1, 0.15) is 35.6 Å². The highest BCUT2D eigenvalue weighted by Crippen LogP contribution is 2.31. The smallest absolute Gasteiger partial charge is 0.270 e. The largest absolute Gasteiger partial charge is 0.489 e. The second kappa shape index (κ2) is 9.70. The van der Waals surface area contributed by atoms with E-state index in [2.05, 4.69) is 22.1 Å². The zero-order valence-corrected chi connectivity index (χ0v) is 19.4. The highest BCUT2D eigenvalue weighted by atomic mass is 16.5. The number of para-hydroxylation sites is 1. The van der Waals surface area contributed by atoms with Crippen LogP contribution in [0.5, 0.6) is 17.2 Å². The number of carbonyl (C=O) groups is 2. The first-order chi connectivity index (χ1) is 17.4. The fraction of sp³-hybridized carbons (Fsp3) is 0.222. The third-order valence-corrected chi connectivity index (χ3v) is 5.72. The van der Waals surface area contributed by atoms with Crippen LogP contribution in [0.3, 0.4) is 0 Å². The molecule has 2 aromatic carbocycles. The zero-order valence-electron chi connectivity index (χ0n) is 19.4. The summed E-state index contributed by atoms with van der Waals surface area (Å²) in [6, 6.07) is 16.6. The van der Waals surface area contributed by atoms with E-state index in [1.54, 1.807) is 43.4 Å². The van der Waals surface area contributed by atoms with Crippen molar-refractivity contribution in [2.45, 2.75) is 11.6 Å². The molecule has 2 aliphatic heterocycles. The number of aliphatic hydroxyl groups is 1. The summed E-state index contributed by atoms with van der Waals surface area (Å²) in [5.74, 6) is 6.38. The number of rotatable bonds is 4. The Morgan fingerprint density at radius 1 is 1.17 bits per heavy atom. The summed E-state index contributed by atoms with van der Waals surface area (Å²) in [4.78, 5) is 31.6. The van der Waals surface area contributed by atoms with Gasteiger partial charge in [0.05, 0.1) is 18.9 Å². The lowest BCUT2D eigenvalue weighted by Crippen LogP contribution is -2.49. The molecule has 1 fully saturated rings. The molecule has 2 aliphatic rings. The number of hydrogen-bond donors (Lipinski definition) is 2. The molecule has 0 saturated carbocycles. The molecular formula is C27H23N3O6. The van der Waals surface area contributed by atoms with Crippen LogP contribution in [-0.4, -0.2) is 60.4 Å². The summed E-state index contributed by atoms with van der Waals surface area (Å²) in [5, 5.41) is 12.8. The molecule has 9 heteroatoms. The predicted octanol–water partition coefficient (Wildman–Crippen LogP) is 2.14. The number of pyridine rings is 1. The lowest BCUT2D eigenvalue weighted by molar-refractivity contribution is -0.140. The number of aromatic nitrogens is 1. The SMILES string of the molecule is CN1C(=O)[C@@H](NC(=O)c2cc(Oc3ccccc3)ccn2)COc2ccc(C#CC3(O)COC3)cc21. The van der Waals surface area contributed by atoms with Gasteiger partial charge < -0.3 is 29.5 Å². The minimum absolute atomic E-state index is 0.0514. The maximum Gasteiger partial charge on any atom is 0.270 e. The van der Waals surface area contributed by atoms with Crippen LogP contribution in [0.25, 0.3) is 0 Å². The normalized spacial score (nSPS) is 17.9. The van der Waals surface area contributed by atoms with E-state index in [0.29, 0.717) is 28.5 Å². The van der Waals surface area contributed by atoms with Gasteiger partial charge in [-0.3, -0.25) is 14.6 Å². The number of nitrogens with zero attached hydrogens (tertiary/aromatic N) is 2. The Morgan fingerprint density at radius 3 is 2.72 bits per heavy atom. The number of likely N-dealkylation sites (N-methyl/N-ethyl adjacent to an activating group) is 1. The number of ether oxygens (including phenoxy) is 3.